The number of aliphatic hydroxyl groups is 1. The first-order valence-electron chi connectivity index (χ1n) is 5.49. The Morgan fingerprint density at radius 1 is 1.47 bits per heavy atom. The van der Waals surface area contributed by atoms with Gasteiger partial charge in [0.25, 0.3) is 5.91 Å². The molecular weight excluding hydrogens is 218 g/mol. The molecule has 0 aromatic heterocycles. The predicted molar refractivity (Wildman–Crippen MR) is 65.0 cm³/mol. The molecule has 1 aromatic rings. The Morgan fingerprint density at radius 2 is 2.18 bits per heavy atom. The normalized spacial score (nSPS) is 19.2. The summed E-state index contributed by atoms with van der Waals surface area (Å²) in [5.41, 5.74) is 1.70. The molecule has 5 heteroatoms. The summed E-state index contributed by atoms with van der Waals surface area (Å²) in [6.07, 6.45) is -0.477. The Morgan fingerprint density at radius 3 is 2.76 bits per heavy atom. The molecule has 0 aliphatic carbocycles. The summed E-state index contributed by atoms with van der Waals surface area (Å²) in [4.78, 5) is 15.8. The minimum atomic E-state index is -0.477. The maximum absolute atomic E-state index is 11.8. The molecule has 1 aromatic carbocycles. The topological polar surface area (TPSA) is 73.7 Å². The van der Waals surface area contributed by atoms with Gasteiger partial charge in [-0.3, -0.25) is 15.1 Å². The second kappa shape index (κ2) is 4.97. The fourth-order valence-corrected chi connectivity index (χ4v) is 1.50. The second-order valence-corrected chi connectivity index (χ2v) is 4.04. The standard InChI is InChI=1S/C12H15N3O2/c1-8-2-4-9(5-3-8)11(17)15-12-13-6-10(16)7-14-12/h2-5,10,16H,6-7H2,1H3,(H2,13,14,15,17). The van der Waals surface area contributed by atoms with E-state index in [9.17, 15) is 9.90 Å². The third-order valence-electron chi connectivity index (χ3n) is 2.51. The molecule has 0 fully saturated rings. The summed E-state index contributed by atoms with van der Waals surface area (Å²) in [6, 6.07) is 7.30. The van der Waals surface area contributed by atoms with Crippen LogP contribution in [-0.2, 0) is 0 Å². The number of nitrogens with zero attached hydrogens (tertiary/aromatic N) is 1. The van der Waals surface area contributed by atoms with Gasteiger partial charge >= 0.3 is 0 Å². The molecule has 0 bridgehead atoms. The largest absolute Gasteiger partial charge is 0.389 e. The lowest BCUT2D eigenvalue weighted by atomic mass is 10.1. The monoisotopic (exact) mass is 233 g/mol. The maximum atomic E-state index is 11.8. The molecule has 0 spiro atoms. The first-order valence-corrected chi connectivity index (χ1v) is 5.49. The van der Waals surface area contributed by atoms with E-state index in [-0.39, 0.29) is 5.91 Å². The van der Waals surface area contributed by atoms with E-state index < -0.39 is 6.10 Å². The molecule has 1 amide bonds. The molecule has 5 nitrogen and oxygen atoms in total. The summed E-state index contributed by atoms with van der Waals surface area (Å²) in [5.74, 6) is 0.216. The van der Waals surface area contributed by atoms with Gasteiger partial charge in [0.1, 0.15) is 0 Å². The quantitative estimate of drug-likeness (QED) is 0.641. The highest BCUT2D eigenvalue weighted by atomic mass is 16.3. The Hall–Kier alpha value is -1.88. The van der Waals surface area contributed by atoms with E-state index in [0.29, 0.717) is 24.6 Å². The van der Waals surface area contributed by atoms with Crippen LogP contribution in [-0.4, -0.2) is 36.2 Å². The van der Waals surface area contributed by atoms with E-state index >= 15 is 0 Å². The van der Waals surface area contributed by atoms with Crippen LogP contribution in [0.15, 0.2) is 29.3 Å². The lowest BCUT2D eigenvalue weighted by Crippen LogP contribution is -2.48. The average molecular weight is 233 g/mol. The second-order valence-electron chi connectivity index (χ2n) is 4.04. The molecule has 1 aliphatic rings. The van der Waals surface area contributed by atoms with E-state index in [1.165, 1.54) is 0 Å². The Balaban J connectivity index is 2.00. The fraction of sp³-hybridized carbons (Fsp3) is 0.333. The van der Waals surface area contributed by atoms with Gasteiger partial charge in [-0.1, -0.05) is 17.7 Å². The molecule has 2 rings (SSSR count). The lowest BCUT2D eigenvalue weighted by molar-refractivity contribution is 0.0973. The van der Waals surface area contributed by atoms with Crippen LogP contribution >= 0.6 is 0 Å². The van der Waals surface area contributed by atoms with Crippen LogP contribution in [0.1, 0.15) is 15.9 Å². The number of β-amino-alcohol motifs (C(OH)–C–C–N with tert-alkyl or cyclic N) is 1. The Kier molecular flexibility index (Phi) is 3.39. The first-order chi connectivity index (χ1) is 8.15. The van der Waals surface area contributed by atoms with Crippen LogP contribution in [0.2, 0.25) is 0 Å². The zero-order valence-electron chi connectivity index (χ0n) is 9.60. The number of hydrogen-bond acceptors (Lipinski definition) is 4. The van der Waals surface area contributed by atoms with Gasteiger partial charge in [0.05, 0.1) is 12.6 Å². The number of guanidine groups is 1. The Bertz CT molecular complexity index is 440. The lowest BCUT2D eigenvalue weighted by Gasteiger charge is -2.19. The molecule has 3 N–H and O–H groups in total. The summed E-state index contributed by atoms with van der Waals surface area (Å²) < 4.78 is 0. The van der Waals surface area contributed by atoms with Crippen LogP contribution in [0.3, 0.4) is 0 Å². The molecule has 0 saturated heterocycles. The molecule has 1 unspecified atom stereocenters. The summed E-state index contributed by atoms with van der Waals surface area (Å²) in [5, 5.41) is 14.7. The average Bonchev–Trinajstić information content (AvgIpc) is 2.33. The van der Waals surface area contributed by atoms with Crippen LogP contribution in [0.5, 0.6) is 0 Å². The number of rotatable bonds is 1. The highest BCUT2D eigenvalue weighted by molar-refractivity contribution is 6.05. The van der Waals surface area contributed by atoms with Gasteiger partial charge in [0.2, 0.25) is 0 Å². The minimum absolute atomic E-state index is 0.201. The molecule has 0 radical (unpaired) electrons. The zero-order chi connectivity index (χ0) is 12.3. The number of aliphatic imine (C=N–C) groups is 1. The number of benzene rings is 1. The van der Waals surface area contributed by atoms with E-state index in [0.717, 1.165) is 5.56 Å². The fourth-order valence-electron chi connectivity index (χ4n) is 1.50. The van der Waals surface area contributed by atoms with Crippen LogP contribution in [0.25, 0.3) is 0 Å². The van der Waals surface area contributed by atoms with E-state index in [2.05, 4.69) is 15.6 Å². The van der Waals surface area contributed by atoms with Crippen LogP contribution < -0.4 is 10.6 Å². The van der Waals surface area contributed by atoms with Crippen molar-refractivity contribution < 1.29 is 9.90 Å². The minimum Gasteiger partial charge on any atom is -0.389 e. The molecule has 1 heterocycles. The van der Waals surface area contributed by atoms with E-state index in [1.54, 1.807) is 12.1 Å². The van der Waals surface area contributed by atoms with Gasteiger partial charge in [-0.25, -0.2) is 0 Å². The van der Waals surface area contributed by atoms with Crippen LogP contribution in [0.4, 0.5) is 0 Å². The van der Waals surface area contributed by atoms with E-state index in [1.807, 2.05) is 19.1 Å². The van der Waals surface area contributed by atoms with Gasteiger partial charge in [0, 0.05) is 12.1 Å². The van der Waals surface area contributed by atoms with Crippen molar-refractivity contribution in [3.05, 3.63) is 35.4 Å². The predicted octanol–water partition coefficient (Wildman–Crippen LogP) is 0.0449. The molecule has 0 saturated carbocycles. The number of nitrogens with one attached hydrogen (secondary N) is 2. The number of aliphatic hydroxyl groups excluding tert-OH is 1. The SMILES string of the molecule is Cc1ccc(C(=O)NC2=NCC(O)CN2)cc1. The van der Waals surface area contributed by atoms with Crippen molar-refractivity contribution in [2.75, 3.05) is 13.1 Å². The number of amides is 1. The van der Waals surface area contributed by atoms with E-state index in [4.69, 9.17) is 0 Å². The van der Waals surface area contributed by atoms with Crippen molar-refractivity contribution in [2.24, 2.45) is 4.99 Å². The highest BCUT2D eigenvalue weighted by Gasteiger charge is 2.14. The number of aryl methyl sites for hydroxylation is 1. The third kappa shape index (κ3) is 3.04. The van der Waals surface area contributed by atoms with Gasteiger partial charge < -0.3 is 10.4 Å². The highest BCUT2D eigenvalue weighted by Crippen LogP contribution is 2.02. The van der Waals surface area contributed by atoms with Crippen molar-refractivity contribution >= 4 is 11.9 Å². The van der Waals surface area contributed by atoms with Gasteiger partial charge in [-0.05, 0) is 19.1 Å². The van der Waals surface area contributed by atoms with Crippen LogP contribution in [0, 0.1) is 6.92 Å². The number of hydrogen-bond donors (Lipinski definition) is 3. The molecular formula is C12H15N3O2. The number of carbonyl (C=O) groups excluding carboxylic acids is 1. The van der Waals surface area contributed by atoms with Crippen molar-refractivity contribution in [1.82, 2.24) is 10.6 Å². The third-order valence-corrected chi connectivity index (χ3v) is 2.51. The first kappa shape index (κ1) is 11.6. The summed E-state index contributed by atoms with van der Waals surface area (Å²) in [7, 11) is 0. The van der Waals surface area contributed by atoms with Crippen molar-refractivity contribution in [2.45, 2.75) is 13.0 Å². The molecule has 1 atom stereocenters. The van der Waals surface area contributed by atoms with Gasteiger partial charge in [0.15, 0.2) is 5.96 Å². The van der Waals surface area contributed by atoms with Crippen molar-refractivity contribution in [3.63, 3.8) is 0 Å². The number of carbonyl (C=O) groups is 1. The molecule has 17 heavy (non-hydrogen) atoms. The smallest absolute Gasteiger partial charge is 0.257 e. The van der Waals surface area contributed by atoms with Crippen molar-refractivity contribution in [3.8, 4) is 0 Å². The maximum Gasteiger partial charge on any atom is 0.257 e. The Labute approximate surface area is 99.6 Å². The van der Waals surface area contributed by atoms with Gasteiger partial charge in [-0.2, -0.15) is 0 Å². The van der Waals surface area contributed by atoms with Crippen molar-refractivity contribution in [1.29, 1.82) is 0 Å². The molecule has 90 valence electrons. The summed E-state index contributed by atoms with van der Waals surface area (Å²) in [6.45, 7) is 2.69. The zero-order valence-corrected chi connectivity index (χ0v) is 9.60. The van der Waals surface area contributed by atoms with Gasteiger partial charge in [-0.15, -0.1) is 0 Å². The summed E-state index contributed by atoms with van der Waals surface area (Å²) >= 11 is 0. The molecule has 1 aliphatic heterocycles.